The Bertz CT molecular complexity index is 735. The van der Waals surface area contributed by atoms with Gasteiger partial charge in [-0.25, -0.2) is 0 Å². The molecule has 0 aromatic heterocycles. The van der Waals surface area contributed by atoms with E-state index in [9.17, 15) is 32.8 Å². The van der Waals surface area contributed by atoms with Gasteiger partial charge in [0.1, 0.15) is 18.1 Å². The van der Waals surface area contributed by atoms with Crippen molar-refractivity contribution >= 4 is 17.7 Å². The standard InChI is InChI=1S/C21H31F3N4O4/c1-20(2,3)16(28-19(31)21(22,23)24)18(30)26-14(9-12-6-7-12)17(29)27-15(10-25)13-5-4-8-32-11-13/h12-16H,4-9,11H2,1-3H3,(H,26,30)(H,27,29)(H,28,31). The first-order valence-electron chi connectivity index (χ1n) is 10.8. The molecule has 1 aliphatic carbocycles. The molecule has 8 nitrogen and oxygen atoms in total. The quantitative estimate of drug-likeness (QED) is 0.510. The van der Waals surface area contributed by atoms with Gasteiger partial charge in [-0.15, -0.1) is 0 Å². The summed E-state index contributed by atoms with van der Waals surface area (Å²) in [7, 11) is 0. The second-order valence-corrected chi connectivity index (χ2v) is 9.60. The number of carbonyl (C=O) groups is 3. The van der Waals surface area contributed by atoms with Gasteiger partial charge in [0.25, 0.3) is 0 Å². The minimum absolute atomic E-state index is 0.177. The van der Waals surface area contributed by atoms with Crippen molar-refractivity contribution < 1.29 is 32.3 Å². The molecule has 1 heterocycles. The van der Waals surface area contributed by atoms with Crippen LogP contribution in [0.15, 0.2) is 0 Å². The number of carbonyl (C=O) groups excluding carboxylic acids is 3. The zero-order chi connectivity index (χ0) is 24.1. The van der Waals surface area contributed by atoms with Crippen LogP contribution >= 0.6 is 0 Å². The van der Waals surface area contributed by atoms with E-state index in [0.29, 0.717) is 26.1 Å². The summed E-state index contributed by atoms with van der Waals surface area (Å²) in [6.07, 6.45) is -1.59. The van der Waals surface area contributed by atoms with Gasteiger partial charge in [0.2, 0.25) is 11.8 Å². The second-order valence-electron chi connectivity index (χ2n) is 9.60. The lowest BCUT2D eigenvalue weighted by Gasteiger charge is -2.32. The number of ether oxygens (including phenoxy) is 1. The van der Waals surface area contributed by atoms with Crippen molar-refractivity contribution in [3.05, 3.63) is 0 Å². The molecule has 3 N–H and O–H groups in total. The maximum Gasteiger partial charge on any atom is 0.471 e. The van der Waals surface area contributed by atoms with Crippen LogP contribution < -0.4 is 16.0 Å². The Balaban J connectivity index is 2.11. The number of hydrogen-bond acceptors (Lipinski definition) is 5. The van der Waals surface area contributed by atoms with Crippen molar-refractivity contribution in [2.24, 2.45) is 17.3 Å². The Morgan fingerprint density at radius 2 is 1.72 bits per heavy atom. The van der Waals surface area contributed by atoms with Crippen LogP contribution in [0.2, 0.25) is 0 Å². The minimum Gasteiger partial charge on any atom is -0.381 e. The molecule has 11 heteroatoms. The molecule has 0 aromatic carbocycles. The lowest BCUT2D eigenvalue weighted by Crippen LogP contribution is -2.60. The molecule has 2 fully saturated rings. The van der Waals surface area contributed by atoms with Crippen LogP contribution in [0.4, 0.5) is 13.2 Å². The Kier molecular flexibility index (Phi) is 8.51. The third-order valence-corrected chi connectivity index (χ3v) is 5.66. The number of rotatable bonds is 8. The first-order chi connectivity index (χ1) is 14.8. The van der Waals surface area contributed by atoms with E-state index in [1.54, 1.807) is 5.32 Å². The van der Waals surface area contributed by atoms with E-state index in [4.69, 9.17) is 4.74 Å². The largest absolute Gasteiger partial charge is 0.471 e. The predicted molar refractivity (Wildman–Crippen MR) is 108 cm³/mol. The van der Waals surface area contributed by atoms with Crippen LogP contribution in [-0.2, 0) is 19.1 Å². The monoisotopic (exact) mass is 460 g/mol. The second kappa shape index (κ2) is 10.5. The van der Waals surface area contributed by atoms with Crippen molar-refractivity contribution in [2.45, 2.75) is 77.2 Å². The molecular formula is C21H31F3N4O4. The van der Waals surface area contributed by atoms with Gasteiger partial charge >= 0.3 is 12.1 Å². The van der Waals surface area contributed by atoms with Crippen molar-refractivity contribution in [1.29, 1.82) is 5.26 Å². The molecule has 4 unspecified atom stereocenters. The number of halogens is 3. The summed E-state index contributed by atoms with van der Waals surface area (Å²) in [6, 6.07) is -1.27. The van der Waals surface area contributed by atoms with Crippen molar-refractivity contribution in [3.8, 4) is 6.07 Å². The fourth-order valence-corrected chi connectivity index (χ4v) is 3.60. The molecule has 0 bridgehead atoms. The van der Waals surface area contributed by atoms with Crippen molar-refractivity contribution in [1.82, 2.24) is 16.0 Å². The number of hydrogen-bond donors (Lipinski definition) is 3. The Labute approximate surface area is 185 Å². The van der Waals surface area contributed by atoms with Gasteiger partial charge < -0.3 is 20.7 Å². The molecule has 1 aliphatic heterocycles. The smallest absolute Gasteiger partial charge is 0.381 e. The maximum atomic E-state index is 12.9. The van der Waals surface area contributed by atoms with Crippen LogP contribution in [0.3, 0.4) is 0 Å². The number of nitriles is 1. The third kappa shape index (κ3) is 7.65. The van der Waals surface area contributed by atoms with E-state index in [1.165, 1.54) is 20.8 Å². The number of nitrogens with one attached hydrogen (secondary N) is 3. The van der Waals surface area contributed by atoms with E-state index in [1.807, 2.05) is 0 Å². The molecule has 4 atom stereocenters. The average Bonchev–Trinajstić information content (AvgIpc) is 3.52. The van der Waals surface area contributed by atoms with Crippen molar-refractivity contribution in [3.63, 3.8) is 0 Å². The van der Waals surface area contributed by atoms with Gasteiger partial charge in [-0.3, -0.25) is 14.4 Å². The highest BCUT2D eigenvalue weighted by molar-refractivity contribution is 5.93. The molecule has 0 radical (unpaired) electrons. The molecule has 0 spiro atoms. The number of alkyl halides is 3. The van der Waals surface area contributed by atoms with Gasteiger partial charge in [0, 0.05) is 12.5 Å². The average molecular weight is 460 g/mol. The van der Waals surface area contributed by atoms with E-state index in [2.05, 4.69) is 16.7 Å². The van der Waals surface area contributed by atoms with Gasteiger partial charge in [0.05, 0.1) is 12.7 Å². The van der Waals surface area contributed by atoms with Crippen LogP contribution in [-0.4, -0.2) is 55.2 Å². The molecule has 2 aliphatic rings. The highest BCUT2D eigenvalue weighted by atomic mass is 19.4. The van der Waals surface area contributed by atoms with Gasteiger partial charge in [-0.2, -0.15) is 18.4 Å². The van der Waals surface area contributed by atoms with Gasteiger partial charge in [-0.1, -0.05) is 33.6 Å². The molecule has 3 amide bonds. The predicted octanol–water partition coefficient (Wildman–Crippen LogP) is 1.80. The molecule has 180 valence electrons. The highest BCUT2D eigenvalue weighted by Crippen LogP contribution is 2.34. The van der Waals surface area contributed by atoms with E-state index in [-0.39, 0.29) is 11.8 Å². The van der Waals surface area contributed by atoms with E-state index >= 15 is 0 Å². The summed E-state index contributed by atoms with van der Waals surface area (Å²) < 4.78 is 43.6. The minimum atomic E-state index is -5.14. The molecule has 1 saturated heterocycles. The fraction of sp³-hybridized carbons (Fsp3) is 0.810. The first kappa shape index (κ1) is 25.9. The van der Waals surface area contributed by atoms with Gasteiger partial charge in [-0.05, 0) is 30.6 Å². The van der Waals surface area contributed by atoms with Crippen LogP contribution in [0, 0.1) is 28.6 Å². The topological polar surface area (TPSA) is 120 Å². The first-order valence-corrected chi connectivity index (χ1v) is 10.8. The summed E-state index contributed by atoms with van der Waals surface area (Å²) in [5, 5.41) is 16.4. The zero-order valence-corrected chi connectivity index (χ0v) is 18.6. The molecular weight excluding hydrogens is 429 g/mol. The normalized spacial score (nSPS) is 22.1. The summed E-state index contributed by atoms with van der Waals surface area (Å²) in [5.74, 6) is -3.65. The zero-order valence-electron chi connectivity index (χ0n) is 18.6. The summed E-state index contributed by atoms with van der Waals surface area (Å²) in [4.78, 5) is 37.2. The molecule has 32 heavy (non-hydrogen) atoms. The lowest BCUT2D eigenvalue weighted by molar-refractivity contribution is -0.175. The third-order valence-electron chi connectivity index (χ3n) is 5.66. The van der Waals surface area contributed by atoms with E-state index in [0.717, 1.165) is 19.3 Å². The Hall–Kier alpha value is -2.35. The highest BCUT2D eigenvalue weighted by Gasteiger charge is 2.44. The van der Waals surface area contributed by atoms with Crippen LogP contribution in [0.5, 0.6) is 0 Å². The fourth-order valence-electron chi connectivity index (χ4n) is 3.60. The Morgan fingerprint density at radius 3 is 2.19 bits per heavy atom. The number of amides is 3. The molecule has 2 rings (SSSR count). The van der Waals surface area contributed by atoms with Crippen LogP contribution in [0.1, 0.15) is 52.9 Å². The van der Waals surface area contributed by atoms with Crippen LogP contribution in [0.25, 0.3) is 0 Å². The van der Waals surface area contributed by atoms with Gasteiger partial charge in [0.15, 0.2) is 0 Å². The Morgan fingerprint density at radius 1 is 1.06 bits per heavy atom. The summed E-state index contributed by atoms with van der Waals surface area (Å²) >= 11 is 0. The molecule has 1 saturated carbocycles. The lowest BCUT2D eigenvalue weighted by atomic mass is 9.85. The number of nitrogens with zero attached hydrogens (tertiary/aromatic N) is 1. The van der Waals surface area contributed by atoms with Crippen molar-refractivity contribution in [2.75, 3.05) is 13.2 Å². The van der Waals surface area contributed by atoms with E-state index < -0.39 is 47.4 Å². The summed E-state index contributed by atoms with van der Waals surface area (Å²) in [5.41, 5.74) is -1.04. The SMILES string of the molecule is CC(C)(C)C(NC(=O)C(F)(F)F)C(=O)NC(CC1CC1)C(=O)NC(C#N)C1CCCOC1. The summed E-state index contributed by atoms with van der Waals surface area (Å²) in [6.45, 7) is 5.48. The molecule has 0 aromatic rings. The maximum absolute atomic E-state index is 12.9.